The highest BCUT2D eigenvalue weighted by atomic mass is 16.4. The number of aryl methyl sites for hydroxylation is 1. The maximum absolute atomic E-state index is 10.4. The van der Waals surface area contributed by atoms with Crippen LogP contribution in [0.15, 0.2) is 30.3 Å². The number of H-pyrrole nitrogens is 1. The predicted molar refractivity (Wildman–Crippen MR) is 77.3 cm³/mol. The Morgan fingerprint density at radius 2 is 1.79 bits per heavy atom. The van der Waals surface area contributed by atoms with E-state index in [1.165, 1.54) is 29.4 Å². The van der Waals surface area contributed by atoms with Crippen LogP contribution in [0.25, 0.3) is 10.9 Å². The minimum absolute atomic E-state index is 0.308. The van der Waals surface area contributed by atoms with E-state index >= 15 is 0 Å². The van der Waals surface area contributed by atoms with Crippen molar-refractivity contribution in [2.75, 3.05) is 0 Å². The summed E-state index contributed by atoms with van der Waals surface area (Å²) < 4.78 is 0. The van der Waals surface area contributed by atoms with Gasteiger partial charge in [0.1, 0.15) is 0 Å². The number of nitrogens with one attached hydrogen (secondary N) is 1. The van der Waals surface area contributed by atoms with Crippen molar-refractivity contribution in [2.45, 2.75) is 44.9 Å². The molecule has 3 nitrogen and oxygen atoms in total. The van der Waals surface area contributed by atoms with Crippen LogP contribution in [0.3, 0.4) is 0 Å². The number of aromatic nitrogens is 1. The van der Waals surface area contributed by atoms with E-state index in [0.29, 0.717) is 6.42 Å². The monoisotopic (exact) mass is 259 g/mol. The van der Waals surface area contributed by atoms with Crippen LogP contribution in [0, 0.1) is 0 Å². The summed E-state index contributed by atoms with van der Waals surface area (Å²) >= 11 is 0. The van der Waals surface area contributed by atoms with Crippen molar-refractivity contribution in [1.29, 1.82) is 0 Å². The Hall–Kier alpha value is -1.77. The second kappa shape index (κ2) is 6.98. The third kappa shape index (κ3) is 4.43. The molecule has 2 aromatic rings. The molecule has 0 fully saturated rings. The largest absolute Gasteiger partial charge is 0.481 e. The number of carboxylic acids is 1. The van der Waals surface area contributed by atoms with Gasteiger partial charge in [0.2, 0.25) is 0 Å². The molecule has 0 amide bonds. The molecule has 0 radical (unpaired) electrons. The lowest BCUT2D eigenvalue weighted by Gasteiger charge is -1.99. The average molecular weight is 259 g/mol. The van der Waals surface area contributed by atoms with Crippen LogP contribution in [0.5, 0.6) is 0 Å². The predicted octanol–water partition coefficient (Wildman–Crippen LogP) is 4.14. The SMILES string of the molecule is O=C(O)CCCCCCCc1cc2ccccc2[nH]1. The summed E-state index contributed by atoms with van der Waals surface area (Å²) in [6.07, 6.45) is 6.69. The fourth-order valence-electron chi connectivity index (χ4n) is 2.39. The van der Waals surface area contributed by atoms with Crippen LogP contribution >= 0.6 is 0 Å². The molecule has 1 aromatic heterocycles. The molecule has 0 atom stereocenters. The zero-order chi connectivity index (χ0) is 13.5. The molecule has 102 valence electrons. The van der Waals surface area contributed by atoms with E-state index in [1.807, 2.05) is 6.07 Å². The molecule has 0 bridgehead atoms. The summed E-state index contributed by atoms with van der Waals surface area (Å²) in [5, 5.41) is 9.81. The number of carbonyl (C=O) groups is 1. The first kappa shape index (κ1) is 13.7. The number of carboxylic acid groups (broad SMARTS) is 1. The minimum Gasteiger partial charge on any atom is -0.481 e. The van der Waals surface area contributed by atoms with Crippen molar-refractivity contribution in [3.05, 3.63) is 36.0 Å². The Bertz CT molecular complexity index is 497. The number of benzene rings is 1. The standard InChI is InChI=1S/C16H21NO2/c18-16(19)11-5-3-1-2-4-9-14-12-13-8-6-7-10-15(13)17-14/h6-8,10,12,17H,1-5,9,11H2,(H,18,19). The molecule has 2 N–H and O–H groups in total. The molecule has 0 unspecified atom stereocenters. The van der Waals surface area contributed by atoms with Gasteiger partial charge in [0.15, 0.2) is 0 Å². The smallest absolute Gasteiger partial charge is 0.303 e. The quantitative estimate of drug-likeness (QED) is 0.700. The molecule has 1 heterocycles. The number of fused-ring (bicyclic) bond motifs is 1. The Morgan fingerprint density at radius 1 is 1.05 bits per heavy atom. The molecular weight excluding hydrogens is 238 g/mol. The molecule has 0 aliphatic rings. The normalized spacial score (nSPS) is 10.9. The van der Waals surface area contributed by atoms with E-state index in [2.05, 4.69) is 29.2 Å². The Labute approximate surface area is 113 Å². The van der Waals surface area contributed by atoms with Gasteiger partial charge in [0.05, 0.1) is 0 Å². The Kier molecular flexibility index (Phi) is 5.01. The second-order valence-corrected chi connectivity index (χ2v) is 5.04. The zero-order valence-electron chi connectivity index (χ0n) is 11.2. The Balaban J connectivity index is 1.64. The summed E-state index contributed by atoms with van der Waals surface area (Å²) in [6.45, 7) is 0. The van der Waals surface area contributed by atoms with Crippen molar-refractivity contribution in [1.82, 2.24) is 4.98 Å². The van der Waals surface area contributed by atoms with E-state index in [1.54, 1.807) is 0 Å². The fourth-order valence-corrected chi connectivity index (χ4v) is 2.39. The van der Waals surface area contributed by atoms with Crippen LogP contribution in [-0.4, -0.2) is 16.1 Å². The second-order valence-electron chi connectivity index (χ2n) is 5.04. The van der Waals surface area contributed by atoms with Crippen LogP contribution in [0.1, 0.15) is 44.2 Å². The minimum atomic E-state index is -0.682. The highest BCUT2D eigenvalue weighted by Crippen LogP contribution is 2.16. The van der Waals surface area contributed by atoms with Crippen molar-refractivity contribution in [3.8, 4) is 0 Å². The van der Waals surface area contributed by atoms with Crippen molar-refractivity contribution in [2.24, 2.45) is 0 Å². The maximum atomic E-state index is 10.4. The number of unbranched alkanes of at least 4 members (excludes halogenated alkanes) is 4. The van der Waals surface area contributed by atoms with Gasteiger partial charge in [-0.25, -0.2) is 0 Å². The van der Waals surface area contributed by atoms with E-state index in [9.17, 15) is 4.79 Å². The van der Waals surface area contributed by atoms with E-state index < -0.39 is 5.97 Å². The summed E-state index contributed by atoms with van der Waals surface area (Å²) in [7, 11) is 0. The van der Waals surface area contributed by atoms with E-state index in [-0.39, 0.29) is 0 Å². The van der Waals surface area contributed by atoms with Crippen LogP contribution < -0.4 is 0 Å². The molecule has 0 aliphatic heterocycles. The van der Waals surface area contributed by atoms with Crippen LogP contribution in [0.4, 0.5) is 0 Å². The highest BCUT2D eigenvalue weighted by Gasteiger charge is 2.00. The summed E-state index contributed by atoms with van der Waals surface area (Å²) in [5.74, 6) is -0.682. The number of rotatable bonds is 8. The lowest BCUT2D eigenvalue weighted by Crippen LogP contribution is -1.93. The lowest BCUT2D eigenvalue weighted by molar-refractivity contribution is -0.137. The summed E-state index contributed by atoms with van der Waals surface area (Å²) in [6, 6.07) is 10.6. The van der Waals surface area contributed by atoms with E-state index in [0.717, 1.165) is 25.7 Å². The van der Waals surface area contributed by atoms with Gasteiger partial charge in [0, 0.05) is 17.6 Å². The topological polar surface area (TPSA) is 53.1 Å². The molecule has 1 aromatic carbocycles. The van der Waals surface area contributed by atoms with Gasteiger partial charge in [0.25, 0.3) is 0 Å². The maximum Gasteiger partial charge on any atom is 0.303 e. The molecule has 2 rings (SSSR count). The van der Waals surface area contributed by atoms with Gasteiger partial charge >= 0.3 is 5.97 Å². The van der Waals surface area contributed by atoms with Crippen LogP contribution in [-0.2, 0) is 11.2 Å². The number of aromatic amines is 1. The van der Waals surface area contributed by atoms with E-state index in [4.69, 9.17) is 5.11 Å². The number of aliphatic carboxylic acids is 1. The van der Waals surface area contributed by atoms with Gasteiger partial charge in [-0.1, -0.05) is 37.5 Å². The molecular formula is C16H21NO2. The fraction of sp³-hybridized carbons (Fsp3) is 0.438. The summed E-state index contributed by atoms with van der Waals surface area (Å²) in [4.78, 5) is 13.8. The van der Waals surface area contributed by atoms with Crippen molar-refractivity contribution < 1.29 is 9.90 Å². The first-order chi connectivity index (χ1) is 9.25. The zero-order valence-corrected chi connectivity index (χ0v) is 11.2. The van der Waals surface area contributed by atoms with Crippen molar-refractivity contribution >= 4 is 16.9 Å². The van der Waals surface area contributed by atoms with Crippen molar-refractivity contribution in [3.63, 3.8) is 0 Å². The number of para-hydroxylation sites is 1. The van der Waals surface area contributed by atoms with Crippen LogP contribution in [0.2, 0.25) is 0 Å². The molecule has 0 aliphatic carbocycles. The lowest BCUT2D eigenvalue weighted by atomic mass is 10.1. The van der Waals surface area contributed by atoms with Gasteiger partial charge < -0.3 is 10.1 Å². The molecule has 3 heteroatoms. The average Bonchev–Trinajstić information content (AvgIpc) is 2.79. The van der Waals surface area contributed by atoms with Gasteiger partial charge in [-0.3, -0.25) is 4.79 Å². The molecule has 0 saturated heterocycles. The van der Waals surface area contributed by atoms with Gasteiger partial charge in [-0.05, 0) is 36.8 Å². The van der Waals surface area contributed by atoms with Gasteiger partial charge in [-0.2, -0.15) is 0 Å². The summed E-state index contributed by atoms with van der Waals surface area (Å²) in [5.41, 5.74) is 2.51. The molecule has 0 saturated carbocycles. The number of hydrogen-bond donors (Lipinski definition) is 2. The third-order valence-corrected chi connectivity index (χ3v) is 3.42. The molecule has 19 heavy (non-hydrogen) atoms. The first-order valence-corrected chi connectivity index (χ1v) is 7.04. The molecule has 0 spiro atoms. The van der Waals surface area contributed by atoms with Gasteiger partial charge in [-0.15, -0.1) is 0 Å². The Morgan fingerprint density at radius 3 is 2.58 bits per heavy atom. The third-order valence-electron chi connectivity index (χ3n) is 3.42. The number of hydrogen-bond acceptors (Lipinski definition) is 1. The first-order valence-electron chi connectivity index (χ1n) is 7.04. The highest BCUT2D eigenvalue weighted by molar-refractivity contribution is 5.80.